The Morgan fingerprint density at radius 2 is 2.30 bits per heavy atom. The van der Waals surface area contributed by atoms with Crippen LogP contribution in [-0.4, -0.2) is 24.2 Å². The Kier molecular flexibility index (Phi) is 5.76. The number of hydrogen-bond donors (Lipinski definition) is 1. The molecule has 2 rings (SSSR count). The van der Waals surface area contributed by atoms with Crippen LogP contribution in [-0.2, 0) is 11.3 Å². The average Bonchev–Trinajstić information content (AvgIpc) is 2.45. The van der Waals surface area contributed by atoms with E-state index < -0.39 is 4.92 Å². The summed E-state index contributed by atoms with van der Waals surface area (Å²) in [6.45, 7) is 2.02. The molecule has 0 aliphatic carbocycles. The summed E-state index contributed by atoms with van der Waals surface area (Å²) < 4.78 is 5.64. The van der Waals surface area contributed by atoms with Crippen LogP contribution >= 0.6 is 11.6 Å². The molecule has 6 heteroatoms. The summed E-state index contributed by atoms with van der Waals surface area (Å²) >= 11 is 6.03. The van der Waals surface area contributed by atoms with Crippen molar-refractivity contribution in [1.82, 2.24) is 5.32 Å². The number of halogens is 1. The fourth-order valence-corrected chi connectivity index (χ4v) is 2.64. The third-order valence-electron chi connectivity index (χ3n) is 3.51. The Bertz CT molecular complexity index is 462. The van der Waals surface area contributed by atoms with E-state index in [4.69, 9.17) is 16.3 Å². The van der Waals surface area contributed by atoms with Gasteiger partial charge in [-0.3, -0.25) is 10.1 Å². The topological polar surface area (TPSA) is 64.4 Å². The minimum atomic E-state index is -0.396. The van der Waals surface area contributed by atoms with Crippen molar-refractivity contribution in [3.05, 3.63) is 38.9 Å². The van der Waals surface area contributed by atoms with Gasteiger partial charge in [-0.1, -0.05) is 17.7 Å². The van der Waals surface area contributed by atoms with E-state index in [1.54, 1.807) is 12.1 Å². The summed E-state index contributed by atoms with van der Waals surface area (Å²) in [5, 5.41) is 14.6. The van der Waals surface area contributed by atoms with Gasteiger partial charge in [-0.05, 0) is 38.3 Å². The van der Waals surface area contributed by atoms with Gasteiger partial charge in [0, 0.05) is 19.2 Å². The number of rotatable bonds is 6. The van der Waals surface area contributed by atoms with Crippen molar-refractivity contribution in [3.8, 4) is 0 Å². The molecule has 1 aliphatic heterocycles. The lowest BCUT2D eigenvalue weighted by atomic mass is 10.1. The molecule has 1 aromatic carbocycles. The molecule has 1 unspecified atom stereocenters. The van der Waals surface area contributed by atoms with Gasteiger partial charge < -0.3 is 10.1 Å². The van der Waals surface area contributed by atoms with Gasteiger partial charge in [0.2, 0.25) is 0 Å². The van der Waals surface area contributed by atoms with Crippen molar-refractivity contribution < 1.29 is 9.66 Å². The predicted octanol–water partition coefficient (Wildman–Crippen LogP) is 3.30. The SMILES string of the molecule is O=[N+]([O-])c1cccc(Cl)c1CNCCC1CCCCO1. The molecule has 1 atom stereocenters. The number of nitro groups is 1. The highest BCUT2D eigenvalue weighted by molar-refractivity contribution is 6.31. The smallest absolute Gasteiger partial charge is 0.275 e. The van der Waals surface area contributed by atoms with Gasteiger partial charge in [0.25, 0.3) is 5.69 Å². The zero-order valence-electron chi connectivity index (χ0n) is 11.3. The van der Waals surface area contributed by atoms with Crippen LogP contribution in [0.3, 0.4) is 0 Å². The summed E-state index contributed by atoms with van der Waals surface area (Å²) in [6.07, 6.45) is 4.72. The largest absolute Gasteiger partial charge is 0.378 e. The number of nitrogens with one attached hydrogen (secondary N) is 1. The van der Waals surface area contributed by atoms with Gasteiger partial charge in [0.05, 0.1) is 21.6 Å². The standard InChI is InChI=1S/C14H19ClN2O3/c15-13-5-3-6-14(17(18)19)12(13)10-16-8-7-11-4-1-2-9-20-11/h3,5-6,11,16H,1-2,4,7-10H2. The maximum absolute atomic E-state index is 11.0. The van der Waals surface area contributed by atoms with Crippen LogP contribution in [0.1, 0.15) is 31.2 Å². The molecule has 0 bridgehead atoms. The summed E-state index contributed by atoms with van der Waals surface area (Å²) in [5.74, 6) is 0. The molecule has 0 amide bonds. The summed E-state index contributed by atoms with van der Waals surface area (Å²) in [7, 11) is 0. The molecule has 110 valence electrons. The number of nitrogens with zero attached hydrogens (tertiary/aromatic N) is 1. The lowest BCUT2D eigenvalue weighted by molar-refractivity contribution is -0.385. The fourth-order valence-electron chi connectivity index (χ4n) is 2.40. The zero-order valence-corrected chi connectivity index (χ0v) is 12.1. The minimum Gasteiger partial charge on any atom is -0.378 e. The first-order valence-corrected chi connectivity index (χ1v) is 7.30. The summed E-state index contributed by atoms with van der Waals surface area (Å²) in [4.78, 5) is 10.6. The van der Waals surface area contributed by atoms with Crippen molar-refractivity contribution >= 4 is 17.3 Å². The van der Waals surface area contributed by atoms with E-state index in [9.17, 15) is 10.1 Å². The van der Waals surface area contributed by atoms with E-state index in [-0.39, 0.29) is 5.69 Å². The van der Waals surface area contributed by atoms with Crippen molar-refractivity contribution in [2.45, 2.75) is 38.3 Å². The molecular weight excluding hydrogens is 280 g/mol. The maximum atomic E-state index is 11.0. The summed E-state index contributed by atoms with van der Waals surface area (Å²) in [5.41, 5.74) is 0.614. The van der Waals surface area contributed by atoms with E-state index in [0.717, 1.165) is 32.4 Å². The van der Waals surface area contributed by atoms with Crippen molar-refractivity contribution in [2.24, 2.45) is 0 Å². The maximum Gasteiger partial charge on any atom is 0.275 e. The van der Waals surface area contributed by atoms with Crippen molar-refractivity contribution in [1.29, 1.82) is 0 Å². The predicted molar refractivity (Wildman–Crippen MR) is 78.0 cm³/mol. The second kappa shape index (κ2) is 7.57. The Balaban J connectivity index is 1.83. The van der Waals surface area contributed by atoms with Crippen LogP contribution in [0.15, 0.2) is 18.2 Å². The van der Waals surface area contributed by atoms with Gasteiger partial charge in [-0.25, -0.2) is 0 Å². The highest BCUT2D eigenvalue weighted by Crippen LogP contribution is 2.26. The van der Waals surface area contributed by atoms with E-state index in [2.05, 4.69) is 5.32 Å². The van der Waals surface area contributed by atoms with Gasteiger partial charge >= 0.3 is 0 Å². The first-order valence-electron chi connectivity index (χ1n) is 6.92. The van der Waals surface area contributed by atoms with E-state index in [1.807, 2.05) is 0 Å². The average molecular weight is 299 g/mol. The molecule has 20 heavy (non-hydrogen) atoms. The van der Waals surface area contributed by atoms with E-state index >= 15 is 0 Å². The van der Waals surface area contributed by atoms with E-state index in [0.29, 0.717) is 23.2 Å². The fraction of sp³-hybridized carbons (Fsp3) is 0.571. The third kappa shape index (κ3) is 4.16. The number of benzene rings is 1. The molecular formula is C14H19ClN2O3. The zero-order chi connectivity index (χ0) is 14.4. The highest BCUT2D eigenvalue weighted by Gasteiger charge is 2.17. The van der Waals surface area contributed by atoms with Gasteiger partial charge in [-0.2, -0.15) is 0 Å². The molecule has 1 fully saturated rings. The van der Waals surface area contributed by atoms with Crippen molar-refractivity contribution in [3.63, 3.8) is 0 Å². The van der Waals surface area contributed by atoms with Gasteiger partial charge in [-0.15, -0.1) is 0 Å². The molecule has 0 spiro atoms. The minimum absolute atomic E-state index is 0.0684. The molecule has 0 saturated carbocycles. The Hall–Kier alpha value is -1.17. The Morgan fingerprint density at radius 1 is 1.45 bits per heavy atom. The van der Waals surface area contributed by atoms with Crippen LogP contribution in [0.4, 0.5) is 5.69 Å². The van der Waals surface area contributed by atoms with Gasteiger partial charge in [0.15, 0.2) is 0 Å². The van der Waals surface area contributed by atoms with E-state index in [1.165, 1.54) is 12.5 Å². The molecule has 1 N–H and O–H groups in total. The number of nitro benzene ring substituents is 1. The van der Waals surface area contributed by atoms with Gasteiger partial charge in [0.1, 0.15) is 0 Å². The number of ether oxygens (including phenoxy) is 1. The molecule has 1 saturated heterocycles. The molecule has 1 aliphatic rings. The second-order valence-corrected chi connectivity index (χ2v) is 5.36. The van der Waals surface area contributed by atoms with Crippen molar-refractivity contribution in [2.75, 3.05) is 13.2 Å². The molecule has 1 aromatic rings. The van der Waals surface area contributed by atoms with Crippen LogP contribution in [0.2, 0.25) is 5.02 Å². The first kappa shape index (κ1) is 15.2. The van der Waals surface area contributed by atoms with Crippen LogP contribution in [0, 0.1) is 10.1 Å². The summed E-state index contributed by atoms with van der Waals surface area (Å²) in [6, 6.07) is 4.75. The molecule has 5 nitrogen and oxygen atoms in total. The monoisotopic (exact) mass is 298 g/mol. The van der Waals surface area contributed by atoms with Crippen LogP contribution in [0.5, 0.6) is 0 Å². The molecule has 0 aromatic heterocycles. The lowest BCUT2D eigenvalue weighted by Crippen LogP contribution is -2.25. The lowest BCUT2D eigenvalue weighted by Gasteiger charge is -2.22. The van der Waals surface area contributed by atoms with Crippen LogP contribution < -0.4 is 5.32 Å². The third-order valence-corrected chi connectivity index (χ3v) is 3.86. The quantitative estimate of drug-likeness (QED) is 0.497. The number of hydrogen-bond acceptors (Lipinski definition) is 4. The Labute approximate surface area is 123 Å². The van der Waals surface area contributed by atoms with Crippen LogP contribution in [0.25, 0.3) is 0 Å². The molecule has 1 heterocycles. The molecule has 0 radical (unpaired) electrons. The Morgan fingerprint density at radius 3 is 3.00 bits per heavy atom. The normalized spacial score (nSPS) is 18.9. The second-order valence-electron chi connectivity index (χ2n) is 4.95. The first-order chi connectivity index (χ1) is 9.68. The highest BCUT2D eigenvalue weighted by atomic mass is 35.5.